The lowest BCUT2D eigenvalue weighted by atomic mass is 10.1. The molecule has 1 rings (SSSR count). The van der Waals surface area contributed by atoms with E-state index in [0.717, 1.165) is 6.07 Å². The number of hydrogen-bond acceptors (Lipinski definition) is 5. The molecule has 6 nitrogen and oxygen atoms in total. The first kappa shape index (κ1) is 13.7. The van der Waals surface area contributed by atoms with Gasteiger partial charge in [-0.25, -0.2) is 4.79 Å². The quantitative estimate of drug-likeness (QED) is 0.375. The Morgan fingerprint density at radius 2 is 2.28 bits per heavy atom. The molecule has 6 heteroatoms. The Hall–Kier alpha value is -2.39. The maximum Gasteiger partial charge on any atom is 0.338 e. The maximum absolute atomic E-state index is 11.4. The van der Waals surface area contributed by atoms with E-state index in [-0.39, 0.29) is 23.4 Å². The van der Waals surface area contributed by atoms with Gasteiger partial charge in [0.15, 0.2) is 0 Å². The molecule has 0 aliphatic carbocycles. The number of esters is 1. The van der Waals surface area contributed by atoms with E-state index in [1.807, 2.05) is 0 Å². The third-order valence-corrected chi connectivity index (χ3v) is 2.01. The van der Waals surface area contributed by atoms with Crippen molar-refractivity contribution >= 4 is 11.7 Å². The van der Waals surface area contributed by atoms with Crippen LogP contribution in [0.4, 0.5) is 5.69 Å². The molecule has 0 aromatic heterocycles. The Morgan fingerprint density at radius 1 is 1.56 bits per heavy atom. The van der Waals surface area contributed by atoms with Crippen molar-refractivity contribution in [2.24, 2.45) is 0 Å². The Morgan fingerprint density at radius 3 is 2.83 bits per heavy atom. The van der Waals surface area contributed by atoms with Gasteiger partial charge in [0, 0.05) is 6.07 Å². The summed E-state index contributed by atoms with van der Waals surface area (Å²) < 4.78 is 4.75. The summed E-state index contributed by atoms with van der Waals surface area (Å²) >= 11 is 0. The first-order valence-electron chi connectivity index (χ1n) is 5.15. The minimum Gasteiger partial charge on any atom is -0.462 e. The van der Waals surface area contributed by atoms with Gasteiger partial charge in [0.05, 0.1) is 17.1 Å². The van der Waals surface area contributed by atoms with Crippen molar-refractivity contribution in [1.82, 2.24) is 0 Å². The molecule has 1 aromatic rings. The number of carbonyl (C=O) groups excluding carboxylic acids is 1. The Balaban J connectivity index is 3.19. The van der Waals surface area contributed by atoms with Crippen molar-refractivity contribution in [3.63, 3.8) is 0 Å². The van der Waals surface area contributed by atoms with Crippen LogP contribution in [0.5, 0.6) is 0 Å². The normalized spacial score (nSPS) is 9.22. The standard InChI is InChI=1S/C12H11NO5/c1-2-18-12(15)10-6-5-9(4-3-7-14)11(8-10)13(16)17/h5-6,8,14H,2,7H2,1H3. The van der Waals surface area contributed by atoms with Crippen LogP contribution in [-0.4, -0.2) is 29.2 Å². The molecule has 0 spiro atoms. The highest BCUT2D eigenvalue weighted by atomic mass is 16.6. The first-order valence-corrected chi connectivity index (χ1v) is 5.15. The molecule has 1 N–H and O–H groups in total. The fourth-order valence-electron chi connectivity index (χ4n) is 1.26. The minimum absolute atomic E-state index is 0.0955. The number of hydrogen-bond donors (Lipinski definition) is 1. The van der Waals surface area contributed by atoms with Gasteiger partial charge >= 0.3 is 5.97 Å². The number of carbonyl (C=O) groups is 1. The van der Waals surface area contributed by atoms with Crippen LogP contribution in [0.3, 0.4) is 0 Å². The number of nitro benzene ring substituents is 1. The third kappa shape index (κ3) is 3.30. The highest BCUT2D eigenvalue weighted by Gasteiger charge is 2.16. The van der Waals surface area contributed by atoms with Crippen LogP contribution < -0.4 is 0 Å². The van der Waals surface area contributed by atoms with Crippen LogP contribution in [0, 0.1) is 22.0 Å². The molecular formula is C12H11NO5. The molecule has 0 amide bonds. The number of nitro groups is 1. The van der Waals surface area contributed by atoms with E-state index in [4.69, 9.17) is 9.84 Å². The van der Waals surface area contributed by atoms with E-state index in [1.165, 1.54) is 12.1 Å². The molecule has 18 heavy (non-hydrogen) atoms. The summed E-state index contributed by atoms with van der Waals surface area (Å²) in [6.07, 6.45) is 0. The molecule has 1 aromatic carbocycles. The molecular weight excluding hydrogens is 238 g/mol. The molecule has 0 saturated heterocycles. The number of nitrogens with zero attached hydrogens (tertiary/aromatic N) is 1. The number of benzene rings is 1. The predicted molar refractivity (Wildman–Crippen MR) is 63.0 cm³/mol. The minimum atomic E-state index is -0.635. The molecule has 0 heterocycles. The second kappa shape index (κ2) is 6.37. The van der Waals surface area contributed by atoms with Crippen LogP contribution in [0.25, 0.3) is 0 Å². The summed E-state index contributed by atoms with van der Waals surface area (Å²) in [5.41, 5.74) is -0.0540. The van der Waals surface area contributed by atoms with Gasteiger partial charge < -0.3 is 9.84 Å². The first-order chi connectivity index (χ1) is 8.60. The fourth-order valence-corrected chi connectivity index (χ4v) is 1.26. The van der Waals surface area contributed by atoms with E-state index in [1.54, 1.807) is 6.92 Å². The lowest BCUT2D eigenvalue weighted by Crippen LogP contribution is -2.05. The van der Waals surface area contributed by atoms with Gasteiger partial charge in [-0.15, -0.1) is 0 Å². The van der Waals surface area contributed by atoms with Gasteiger partial charge in [-0.05, 0) is 19.1 Å². The van der Waals surface area contributed by atoms with Gasteiger partial charge in [0.1, 0.15) is 12.2 Å². The maximum atomic E-state index is 11.4. The summed E-state index contributed by atoms with van der Waals surface area (Å²) in [7, 11) is 0. The zero-order valence-corrected chi connectivity index (χ0v) is 9.67. The molecule has 0 radical (unpaired) electrons. The van der Waals surface area contributed by atoms with E-state index in [2.05, 4.69) is 11.8 Å². The molecule has 94 valence electrons. The average Bonchev–Trinajstić information content (AvgIpc) is 2.36. The van der Waals surface area contributed by atoms with E-state index >= 15 is 0 Å². The summed E-state index contributed by atoms with van der Waals surface area (Å²) in [6, 6.07) is 3.86. The van der Waals surface area contributed by atoms with E-state index < -0.39 is 17.5 Å². The Bertz CT molecular complexity index is 527. The molecule has 0 unspecified atom stereocenters. The monoisotopic (exact) mass is 249 g/mol. The average molecular weight is 249 g/mol. The van der Waals surface area contributed by atoms with Gasteiger partial charge in [0.25, 0.3) is 5.69 Å². The van der Waals surface area contributed by atoms with Crippen molar-refractivity contribution in [1.29, 1.82) is 0 Å². The van der Waals surface area contributed by atoms with Gasteiger partial charge in [0.2, 0.25) is 0 Å². The van der Waals surface area contributed by atoms with E-state index in [9.17, 15) is 14.9 Å². The Labute approximate surface area is 103 Å². The largest absolute Gasteiger partial charge is 0.462 e. The van der Waals surface area contributed by atoms with Gasteiger partial charge in [-0.3, -0.25) is 10.1 Å². The Kier molecular flexibility index (Phi) is 4.84. The summed E-state index contributed by atoms with van der Waals surface area (Å²) in [6.45, 7) is 1.45. The zero-order valence-electron chi connectivity index (χ0n) is 9.67. The van der Waals surface area contributed by atoms with Gasteiger partial charge in [-0.2, -0.15) is 0 Å². The van der Waals surface area contributed by atoms with E-state index in [0.29, 0.717) is 0 Å². The third-order valence-electron chi connectivity index (χ3n) is 2.01. The fraction of sp³-hybridized carbons (Fsp3) is 0.250. The van der Waals surface area contributed by atoms with Crippen LogP contribution in [0.2, 0.25) is 0 Å². The van der Waals surface area contributed by atoms with Crippen molar-refractivity contribution < 1.29 is 19.6 Å². The highest BCUT2D eigenvalue weighted by Crippen LogP contribution is 2.20. The van der Waals surface area contributed by atoms with Crippen LogP contribution in [0.1, 0.15) is 22.8 Å². The zero-order chi connectivity index (χ0) is 13.5. The summed E-state index contributed by atoms with van der Waals surface area (Å²) in [5, 5.41) is 19.4. The van der Waals surface area contributed by atoms with Crippen LogP contribution in [-0.2, 0) is 4.74 Å². The predicted octanol–water partition coefficient (Wildman–Crippen LogP) is 1.12. The van der Waals surface area contributed by atoms with Crippen molar-refractivity contribution in [3.05, 3.63) is 39.4 Å². The number of ether oxygens (including phenoxy) is 1. The van der Waals surface area contributed by atoms with Crippen molar-refractivity contribution in [3.8, 4) is 11.8 Å². The highest BCUT2D eigenvalue weighted by molar-refractivity contribution is 5.90. The lowest BCUT2D eigenvalue weighted by Gasteiger charge is -2.02. The topological polar surface area (TPSA) is 89.7 Å². The molecule has 0 atom stereocenters. The smallest absolute Gasteiger partial charge is 0.338 e. The number of aliphatic hydroxyl groups is 1. The summed E-state index contributed by atoms with van der Waals surface area (Å²) in [4.78, 5) is 21.6. The van der Waals surface area contributed by atoms with Crippen molar-refractivity contribution in [2.45, 2.75) is 6.92 Å². The number of aliphatic hydroxyl groups excluding tert-OH is 1. The van der Waals surface area contributed by atoms with Crippen molar-refractivity contribution in [2.75, 3.05) is 13.2 Å². The molecule has 0 aliphatic rings. The second-order valence-electron chi connectivity index (χ2n) is 3.17. The molecule has 0 bridgehead atoms. The number of rotatable bonds is 3. The molecule has 0 saturated carbocycles. The second-order valence-corrected chi connectivity index (χ2v) is 3.17. The summed E-state index contributed by atoms with van der Waals surface area (Å²) in [5.74, 6) is 4.14. The van der Waals surface area contributed by atoms with Gasteiger partial charge in [-0.1, -0.05) is 11.8 Å². The SMILES string of the molecule is CCOC(=O)c1ccc(C#CCO)c([N+](=O)[O-])c1. The lowest BCUT2D eigenvalue weighted by molar-refractivity contribution is -0.385. The van der Waals surface area contributed by atoms with Crippen LogP contribution in [0.15, 0.2) is 18.2 Å². The van der Waals surface area contributed by atoms with Crippen LogP contribution >= 0.6 is 0 Å². The molecule has 0 fully saturated rings. The molecule has 0 aliphatic heterocycles.